The summed E-state index contributed by atoms with van der Waals surface area (Å²) in [5.41, 5.74) is 2.28. The summed E-state index contributed by atoms with van der Waals surface area (Å²) in [5, 5.41) is 5.51. The molecule has 1 atom stereocenters. The van der Waals surface area contributed by atoms with E-state index in [0.717, 1.165) is 56.0 Å². The standard InChI is InChI=1S/C37H43ClF3N5O3/c1-42-34-29(37(39,40)41)21-26(22-30(34)38)23-32(35(48)46-18-16-45(17-19-46)27-10-14-43-15-11-27)49-20-4-5-25-8-12-36(13-9-25)24-33(47)44-31-7-3-2-6-28(31)36/h2-3,6-7,10-11,14-15,21-22,25,32,42H,4-5,8-9,12-13,16-20,23-24H2,1H3,(H,44,47)/t25?,32-,36?/m1/s1. The van der Waals surface area contributed by atoms with Crippen molar-refractivity contribution in [3.63, 3.8) is 0 Å². The van der Waals surface area contributed by atoms with Gasteiger partial charge in [-0.05, 0) is 85.9 Å². The van der Waals surface area contributed by atoms with Gasteiger partial charge in [-0.3, -0.25) is 14.6 Å². The van der Waals surface area contributed by atoms with Crippen molar-refractivity contribution >= 4 is 40.5 Å². The molecule has 262 valence electrons. The molecule has 3 aromatic rings. The molecule has 1 saturated heterocycles. The van der Waals surface area contributed by atoms with E-state index in [-0.39, 0.29) is 34.4 Å². The number of carbonyl (C=O) groups excluding carboxylic acids is 2. The molecule has 0 unspecified atom stereocenters. The van der Waals surface area contributed by atoms with E-state index in [1.807, 2.05) is 30.3 Å². The number of carbonyl (C=O) groups is 2. The van der Waals surface area contributed by atoms with E-state index in [1.165, 1.54) is 18.7 Å². The smallest absolute Gasteiger partial charge is 0.386 e. The summed E-state index contributed by atoms with van der Waals surface area (Å²) in [5.74, 6) is 0.318. The summed E-state index contributed by atoms with van der Waals surface area (Å²) in [7, 11) is 1.40. The number of alkyl halides is 3. The van der Waals surface area contributed by atoms with Crippen LogP contribution >= 0.6 is 11.6 Å². The fourth-order valence-corrected chi connectivity index (χ4v) is 8.18. The quantitative estimate of drug-likeness (QED) is 0.216. The highest BCUT2D eigenvalue weighted by Crippen LogP contribution is 2.49. The average Bonchev–Trinajstić information content (AvgIpc) is 3.10. The van der Waals surface area contributed by atoms with Crippen molar-refractivity contribution < 1.29 is 27.5 Å². The number of hydrogen-bond donors (Lipinski definition) is 2. The number of nitrogens with one attached hydrogen (secondary N) is 2. The van der Waals surface area contributed by atoms with Gasteiger partial charge in [0.15, 0.2) is 0 Å². The first-order valence-corrected chi connectivity index (χ1v) is 17.5. The van der Waals surface area contributed by atoms with E-state index in [4.69, 9.17) is 16.3 Å². The first-order valence-electron chi connectivity index (χ1n) is 17.1. The van der Waals surface area contributed by atoms with Gasteiger partial charge in [-0.15, -0.1) is 0 Å². The maximum atomic E-state index is 14.0. The molecule has 3 aliphatic rings. The minimum Gasteiger partial charge on any atom is -0.386 e. The lowest BCUT2D eigenvalue weighted by Crippen LogP contribution is -2.52. The van der Waals surface area contributed by atoms with Gasteiger partial charge in [-0.1, -0.05) is 29.8 Å². The molecule has 2 fully saturated rings. The van der Waals surface area contributed by atoms with Crippen molar-refractivity contribution in [3.8, 4) is 0 Å². The highest BCUT2D eigenvalue weighted by molar-refractivity contribution is 6.33. The third-order valence-corrected chi connectivity index (χ3v) is 10.7. The molecule has 6 rings (SSSR count). The second-order valence-electron chi connectivity index (χ2n) is 13.5. The molecular weight excluding hydrogens is 655 g/mol. The van der Waals surface area contributed by atoms with E-state index >= 15 is 0 Å². The van der Waals surface area contributed by atoms with Crippen molar-refractivity contribution in [1.82, 2.24) is 9.88 Å². The summed E-state index contributed by atoms with van der Waals surface area (Å²) in [6, 6.07) is 14.5. The number of piperazine rings is 1. The number of ether oxygens (including phenoxy) is 1. The van der Waals surface area contributed by atoms with Crippen molar-refractivity contribution in [2.24, 2.45) is 5.92 Å². The van der Waals surface area contributed by atoms with Gasteiger partial charge in [0.2, 0.25) is 5.91 Å². The van der Waals surface area contributed by atoms with Crippen LogP contribution in [0.5, 0.6) is 0 Å². The monoisotopic (exact) mass is 697 g/mol. The first-order chi connectivity index (χ1) is 23.6. The van der Waals surface area contributed by atoms with Crippen molar-refractivity contribution in [2.45, 2.75) is 69.1 Å². The summed E-state index contributed by atoms with van der Waals surface area (Å²) in [6.45, 7) is 2.50. The van der Waals surface area contributed by atoms with Gasteiger partial charge in [0.25, 0.3) is 5.91 Å². The molecule has 49 heavy (non-hydrogen) atoms. The zero-order valence-corrected chi connectivity index (χ0v) is 28.5. The highest BCUT2D eigenvalue weighted by Gasteiger charge is 2.42. The molecule has 2 amide bonds. The zero-order chi connectivity index (χ0) is 34.6. The van der Waals surface area contributed by atoms with Crippen LogP contribution in [-0.2, 0) is 32.3 Å². The van der Waals surface area contributed by atoms with Crippen LogP contribution in [0.3, 0.4) is 0 Å². The molecule has 8 nitrogen and oxygen atoms in total. The molecule has 12 heteroatoms. The van der Waals surface area contributed by atoms with Gasteiger partial charge in [0.05, 0.1) is 16.3 Å². The maximum absolute atomic E-state index is 14.0. The zero-order valence-electron chi connectivity index (χ0n) is 27.7. The SMILES string of the molecule is CNc1c(Cl)cc(C[C@@H](OCCCC2CCC3(CC2)CC(=O)Nc2ccccc23)C(=O)N2CCN(c3ccncc3)CC2)cc1C(F)(F)F. The fraction of sp³-hybridized carbons (Fsp3) is 0.486. The predicted molar refractivity (Wildman–Crippen MR) is 185 cm³/mol. The van der Waals surface area contributed by atoms with Gasteiger partial charge in [0, 0.05) is 81.9 Å². The summed E-state index contributed by atoms with van der Waals surface area (Å²) in [6.07, 6.45) is 3.91. The Balaban J connectivity index is 1.09. The highest BCUT2D eigenvalue weighted by atomic mass is 35.5. The lowest BCUT2D eigenvalue weighted by atomic mass is 9.63. The van der Waals surface area contributed by atoms with Gasteiger partial charge >= 0.3 is 6.18 Å². The number of halogens is 4. The maximum Gasteiger partial charge on any atom is 0.418 e. The summed E-state index contributed by atoms with van der Waals surface area (Å²) < 4.78 is 48.1. The number of rotatable bonds is 10. The minimum atomic E-state index is -4.62. The Kier molecular flexibility index (Phi) is 10.7. The number of para-hydroxylation sites is 1. The van der Waals surface area contributed by atoms with Crippen LogP contribution in [0, 0.1) is 5.92 Å². The molecule has 2 aliphatic heterocycles. The number of anilines is 3. The lowest BCUT2D eigenvalue weighted by molar-refractivity contribution is -0.144. The number of amides is 2. The van der Waals surface area contributed by atoms with Crippen molar-refractivity contribution in [2.75, 3.05) is 55.4 Å². The molecule has 3 heterocycles. The molecule has 0 radical (unpaired) electrons. The van der Waals surface area contributed by atoms with Crippen LogP contribution in [0.1, 0.15) is 61.6 Å². The number of benzene rings is 2. The fourth-order valence-electron chi connectivity index (χ4n) is 7.85. The Hall–Kier alpha value is -3.83. The Bertz CT molecular complexity index is 1620. The van der Waals surface area contributed by atoms with Crippen LogP contribution in [0.2, 0.25) is 5.02 Å². The summed E-state index contributed by atoms with van der Waals surface area (Å²) >= 11 is 6.30. The third kappa shape index (κ3) is 7.99. The van der Waals surface area contributed by atoms with Crippen LogP contribution < -0.4 is 15.5 Å². The largest absolute Gasteiger partial charge is 0.418 e. The van der Waals surface area contributed by atoms with E-state index in [9.17, 15) is 22.8 Å². The second-order valence-corrected chi connectivity index (χ2v) is 13.9. The number of pyridine rings is 1. The second kappa shape index (κ2) is 15.0. The Morgan fingerprint density at radius 2 is 1.82 bits per heavy atom. The summed E-state index contributed by atoms with van der Waals surface area (Å²) in [4.78, 5) is 34.4. The Labute approximate surface area is 290 Å². The molecule has 1 aromatic heterocycles. The molecule has 0 bridgehead atoms. The first kappa shape index (κ1) is 35.0. The van der Waals surface area contributed by atoms with Gasteiger partial charge in [0.1, 0.15) is 6.10 Å². The van der Waals surface area contributed by atoms with Crippen molar-refractivity contribution in [3.05, 3.63) is 82.6 Å². The van der Waals surface area contributed by atoms with Gasteiger partial charge in [-0.25, -0.2) is 0 Å². The van der Waals surface area contributed by atoms with Crippen LogP contribution in [0.15, 0.2) is 60.9 Å². The average molecular weight is 698 g/mol. The van der Waals surface area contributed by atoms with E-state index < -0.39 is 17.8 Å². The number of hydrogen-bond acceptors (Lipinski definition) is 6. The third-order valence-electron chi connectivity index (χ3n) is 10.4. The van der Waals surface area contributed by atoms with Crippen molar-refractivity contribution in [1.29, 1.82) is 0 Å². The predicted octanol–water partition coefficient (Wildman–Crippen LogP) is 7.32. The van der Waals surface area contributed by atoms with Crippen LogP contribution in [-0.4, -0.2) is 67.6 Å². The minimum absolute atomic E-state index is 0.0242. The number of nitrogens with zero attached hydrogens (tertiary/aromatic N) is 3. The Morgan fingerprint density at radius 1 is 1.10 bits per heavy atom. The topological polar surface area (TPSA) is 86.8 Å². The molecule has 1 aliphatic carbocycles. The van der Waals surface area contributed by atoms with Crippen LogP contribution in [0.25, 0.3) is 0 Å². The Morgan fingerprint density at radius 3 is 2.51 bits per heavy atom. The molecule has 2 aromatic carbocycles. The van der Waals surface area contributed by atoms with Crippen LogP contribution in [0.4, 0.5) is 30.2 Å². The number of aromatic nitrogens is 1. The lowest BCUT2D eigenvalue weighted by Gasteiger charge is -2.43. The normalized spacial score (nSPS) is 21.7. The molecule has 1 spiro atoms. The van der Waals surface area contributed by atoms with E-state index in [2.05, 4.69) is 26.6 Å². The van der Waals surface area contributed by atoms with E-state index in [0.29, 0.717) is 50.7 Å². The van der Waals surface area contributed by atoms with E-state index in [1.54, 1.807) is 17.3 Å². The molecule has 1 saturated carbocycles. The number of fused-ring (bicyclic) bond motifs is 2. The van der Waals surface area contributed by atoms with Gasteiger partial charge in [-0.2, -0.15) is 13.2 Å². The molecule has 2 N–H and O–H groups in total. The van der Waals surface area contributed by atoms with Gasteiger partial charge < -0.3 is 25.2 Å². The molecular formula is C37H43ClF3N5O3.